The van der Waals surface area contributed by atoms with Crippen LogP contribution in [0.1, 0.15) is 101 Å². The molecule has 0 saturated carbocycles. The van der Waals surface area contributed by atoms with Gasteiger partial charge in [0.2, 0.25) is 0 Å². The maximum Gasteiger partial charge on any atom is 0.490 e. The summed E-state index contributed by atoms with van der Waals surface area (Å²) < 4.78 is 51.2. The summed E-state index contributed by atoms with van der Waals surface area (Å²) in [5.41, 5.74) is 4.53. The molecule has 0 aliphatic carbocycles. The van der Waals surface area contributed by atoms with Crippen LogP contribution < -0.4 is 5.73 Å². The summed E-state index contributed by atoms with van der Waals surface area (Å²) in [5, 5.41) is 15.8. The number of alkyl halides is 3. The van der Waals surface area contributed by atoms with Crippen LogP contribution in [0, 0.1) is 17.8 Å². The number of allylic oxidation sites excluding steroid dienone is 1. The summed E-state index contributed by atoms with van der Waals surface area (Å²) >= 11 is 0. The van der Waals surface area contributed by atoms with Crippen LogP contribution in [0.4, 0.5) is 22.8 Å². The predicted octanol–water partition coefficient (Wildman–Crippen LogP) is 6.15. The molecular formula is C39H64F3N3O13. The number of methoxy groups -OCH3 is 2. The van der Waals surface area contributed by atoms with Crippen molar-refractivity contribution >= 4 is 41.8 Å². The van der Waals surface area contributed by atoms with Crippen molar-refractivity contribution in [3.63, 3.8) is 0 Å². The van der Waals surface area contributed by atoms with Crippen molar-refractivity contribution in [2.24, 2.45) is 23.5 Å². The van der Waals surface area contributed by atoms with E-state index in [-0.39, 0.29) is 23.7 Å². The summed E-state index contributed by atoms with van der Waals surface area (Å²) in [6, 6.07) is -1.18. The summed E-state index contributed by atoms with van der Waals surface area (Å²) in [5.74, 6) is -3.61. The van der Waals surface area contributed by atoms with Crippen LogP contribution >= 0.6 is 0 Å². The first-order valence-electron chi connectivity index (χ1n) is 18.7. The number of carbonyl (C=O) groups excluding carboxylic acids is 5. The molecule has 2 aliphatic heterocycles. The summed E-state index contributed by atoms with van der Waals surface area (Å²) in [6.45, 7) is 20.0. The lowest BCUT2D eigenvalue weighted by Crippen LogP contribution is -2.56. The number of nitrogens with two attached hydrogens (primary N) is 1. The second-order valence-corrected chi connectivity index (χ2v) is 16.2. The third-order valence-corrected chi connectivity index (χ3v) is 7.56. The third-order valence-electron chi connectivity index (χ3n) is 7.56. The fourth-order valence-electron chi connectivity index (χ4n) is 4.85. The number of ether oxygens (including phenoxy) is 4. The summed E-state index contributed by atoms with van der Waals surface area (Å²) in [7, 11) is 2.67. The minimum Gasteiger partial charge on any atom is -0.480 e. The Morgan fingerprint density at radius 3 is 1.38 bits per heavy atom. The zero-order valence-corrected chi connectivity index (χ0v) is 35.7. The molecule has 334 valence electrons. The lowest BCUT2D eigenvalue weighted by atomic mass is 9.87. The molecule has 0 unspecified atom stereocenters. The SMILES string of the molecule is CC(C)(C)OC(=O)N1CC[C@H]1C(=O)O.COC(=O)/C=C/[C@@H](CC(=O)[C@@H]1CCN1C(=O)OC(C)(C)C)CC(C)C.COC(=O)/C=C/[C@@H](N)CC(C)C.O=C(O)C(F)(F)F. The van der Waals surface area contributed by atoms with Crippen molar-refractivity contribution in [1.82, 2.24) is 9.80 Å². The fourth-order valence-corrected chi connectivity index (χ4v) is 4.85. The number of halogens is 3. The lowest BCUT2D eigenvalue weighted by molar-refractivity contribution is -0.192. The van der Waals surface area contributed by atoms with Crippen LogP contribution in [0.5, 0.6) is 0 Å². The Kier molecular flexibility index (Phi) is 24.5. The number of carboxylic acid groups (broad SMARTS) is 2. The highest BCUT2D eigenvalue weighted by molar-refractivity contribution is 5.89. The smallest absolute Gasteiger partial charge is 0.480 e. The van der Waals surface area contributed by atoms with Gasteiger partial charge >= 0.3 is 42.2 Å². The first-order valence-corrected chi connectivity index (χ1v) is 18.7. The highest BCUT2D eigenvalue weighted by Crippen LogP contribution is 2.26. The second kappa shape index (κ2) is 25.6. The zero-order chi connectivity index (χ0) is 45.8. The van der Waals surface area contributed by atoms with Crippen LogP contribution in [-0.2, 0) is 42.9 Å². The van der Waals surface area contributed by atoms with Crippen LogP contribution in [0.25, 0.3) is 0 Å². The summed E-state index contributed by atoms with van der Waals surface area (Å²) in [6.07, 6.45) is 3.22. The number of carbonyl (C=O) groups is 7. The van der Waals surface area contributed by atoms with Crippen molar-refractivity contribution in [3.05, 3.63) is 24.3 Å². The average Bonchev–Trinajstić information content (AvgIpc) is 2.98. The molecule has 2 rings (SSSR count). The maximum absolute atomic E-state index is 12.6. The lowest BCUT2D eigenvalue weighted by Gasteiger charge is -2.40. The van der Waals surface area contributed by atoms with E-state index in [9.17, 15) is 41.9 Å². The molecule has 0 aromatic rings. The van der Waals surface area contributed by atoms with Gasteiger partial charge in [0.25, 0.3) is 0 Å². The van der Waals surface area contributed by atoms with Gasteiger partial charge in [-0.2, -0.15) is 13.2 Å². The number of Topliss-reactive ketones (excluding diaryl/α,β-unsaturated/α-hetero) is 1. The molecule has 2 fully saturated rings. The molecule has 0 aromatic heterocycles. The van der Waals surface area contributed by atoms with Gasteiger partial charge in [-0.3, -0.25) is 14.6 Å². The zero-order valence-electron chi connectivity index (χ0n) is 35.7. The molecule has 19 heteroatoms. The largest absolute Gasteiger partial charge is 0.490 e. The quantitative estimate of drug-likeness (QED) is 0.114. The molecule has 16 nitrogen and oxygen atoms in total. The highest BCUT2D eigenvalue weighted by Gasteiger charge is 2.41. The second-order valence-electron chi connectivity index (χ2n) is 16.2. The fraction of sp³-hybridized carbons (Fsp3) is 0.718. The number of aliphatic carboxylic acids is 2. The Morgan fingerprint density at radius 1 is 0.707 bits per heavy atom. The third kappa shape index (κ3) is 25.5. The van der Waals surface area contributed by atoms with Gasteiger partial charge < -0.3 is 34.9 Å². The molecule has 0 bridgehead atoms. The Hall–Kier alpha value is -4.68. The molecule has 4 atom stereocenters. The number of likely N-dealkylation sites (tertiary alicyclic amines) is 2. The van der Waals surface area contributed by atoms with Crippen LogP contribution in [0.3, 0.4) is 0 Å². The Labute approximate surface area is 339 Å². The summed E-state index contributed by atoms with van der Waals surface area (Å²) in [4.78, 5) is 80.3. The number of hydrogen-bond donors (Lipinski definition) is 3. The van der Waals surface area contributed by atoms with Gasteiger partial charge in [-0.15, -0.1) is 0 Å². The van der Waals surface area contributed by atoms with E-state index in [0.29, 0.717) is 44.2 Å². The van der Waals surface area contributed by atoms with Gasteiger partial charge in [0.05, 0.1) is 20.3 Å². The van der Waals surface area contributed by atoms with Gasteiger partial charge in [-0.05, 0) is 85.0 Å². The molecule has 0 radical (unpaired) electrons. The van der Waals surface area contributed by atoms with Gasteiger partial charge in [0.15, 0.2) is 5.78 Å². The number of hydrogen-bond acceptors (Lipinski definition) is 12. The van der Waals surface area contributed by atoms with Gasteiger partial charge in [-0.25, -0.2) is 28.8 Å². The minimum absolute atomic E-state index is 0.0114. The van der Waals surface area contributed by atoms with E-state index in [4.69, 9.17) is 30.2 Å². The van der Waals surface area contributed by atoms with E-state index in [2.05, 4.69) is 37.2 Å². The van der Waals surface area contributed by atoms with Gasteiger partial charge in [0.1, 0.15) is 17.2 Å². The molecule has 0 aromatic carbocycles. The average molecular weight is 840 g/mol. The predicted molar refractivity (Wildman–Crippen MR) is 206 cm³/mol. The van der Waals surface area contributed by atoms with Crippen LogP contribution in [-0.4, -0.2) is 125 Å². The Bertz CT molecular complexity index is 1420. The topological polar surface area (TPSA) is 229 Å². The molecular weight excluding hydrogens is 775 g/mol. The molecule has 0 spiro atoms. The Morgan fingerprint density at radius 2 is 1.09 bits per heavy atom. The van der Waals surface area contributed by atoms with Crippen molar-refractivity contribution in [3.8, 4) is 0 Å². The normalized spacial score (nSPS) is 17.5. The Balaban J connectivity index is 0. The molecule has 4 N–H and O–H groups in total. The van der Waals surface area contributed by atoms with Gasteiger partial charge in [-0.1, -0.05) is 39.8 Å². The standard InChI is InChI=1S/C19H31NO5.C9H15NO4.C9H17NO2.C2HF3O2/c1-13(2)11-14(7-8-17(22)24-6)12-16(21)15-9-10-20(15)18(23)25-19(3,4)5;1-9(2,3)14-8(13)10-5-4-6(10)7(11)12;1-7(2)6-8(10)4-5-9(11)12-3;3-2(4,5)1(6)7/h7-8,13-15H,9-12H2,1-6H3;6H,4-5H2,1-3H3,(H,11,12);4-5,7-8H,6,10H2,1-3H3;(H,6,7)/b8-7+;;5-4+;/t14-,15+;6-;8-;/m101./s1. The molecule has 58 heavy (non-hydrogen) atoms. The molecule has 2 aliphatic rings. The van der Waals surface area contributed by atoms with E-state index < -0.39 is 59.6 Å². The maximum atomic E-state index is 12.6. The number of carboxylic acids is 2. The molecule has 2 amide bonds. The number of nitrogens with zero attached hydrogens (tertiary/aromatic N) is 2. The monoisotopic (exact) mass is 839 g/mol. The molecule has 2 saturated heterocycles. The number of ketones is 1. The first-order chi connectivity index (χ1) is 26.3. The molecule has 2 heterocycles. The highest BCUT2D eigenvalue weighted by atomic mass is 19.4. The number of esters is 2. The first kappa shape index (κ1) is 55.4. The van der Waals surface area contributed by atoms with Crippen molar-refractivity contribution in [2.75, 3.05) is 27.3 Å². The van der Waals surface area contributed by atoms with Crippen molar-refractivity contribution in [2.45, 2.75) is 137 Å². The van der Waals surface area contributed by atoms with E-state index in [1.54, 1.807) is 53.7 Å². The van der Waals surface area contributed by atoms with E-state index in [0.717, 1.165) is 12.8 Å². The van der Waals surface area contributed by atoms with E-state index >= 15 is 0 Å². The minimum atomic E-state index is -5.08. The van der Waals surface area contributed by atoms with Crippen molar-refractivity contribution in [1.29, 1.82) is 0 Å². The van der Waals surface area contributed by atoms with Gasteiger partial charge in [0, 0.05) is 37.7 Å². The van der Waals surface area contributed by atoms with Crippen LogP contribution in [0.2, 0.25) is 0 Å². The number of amides is 2. The van der Waals surface area contributed by atoms with Crippen molar-refractivity contribution < 1.29 is 75.9 Å². The van der Waals surface area contributed by atoms with E-state index in [1.807, 2.05) is 0 Å². The van der Waals surface area contributed by atoms with Crippen LogP contribution in [0.15, 0.2) is 24.3 Å². The van der Waals surface area contributed by atoms with E-state index in [1.165, 1.54) is 36.2 Å². The number of rotatable bonds is 12.